The Kier molecular flexibility index (Phi) is 10.8. The molecule has 0 amide bonds. The number of benzene rings is 2. The van der Waals surface area contributed by atoms with Crippen LogP contribution < -0.4 is 16.1 Å². The molecule has 4 rings (SSSR count). The standard InChI is InChI=1S/C25H27N5O5S.C2H2O4/c1-26-22(17-23(31)27(2)25(26)33)29-12-10-28(11-13-29)14-15-36-21-9-8-19(30(34)35)16-20(21)24(32)18-6-4-3-5-7-18;3-1(4)2(5)6/h3-9,16-17H,10-15H2,1-2H3;(H,3,4)(H,5,6). The molecule has 2 aromatic carbocycles. The van der Waals surface area contributed by atoms with Crippen LogP contribution in [0.4, 0.5) is 11.5 Å². The number of aliphatic carboxylic acids is 2. The van der Waals surface area contributed by atoms with Crippen LogP contribution >= 0.6 is 11.8 Å². The van der Waals surface area contributed by atoms with Crippen LogP contribution in [0.3, 0.4) is 0 Å². The number of carboxylic acid groups (broad SMARTS) is 2. The smallest absolute Gasteiger partial charge is 0.414 e. The summed E-state index contributed by atoms with van der Waals surface area (Å²) >= 11 is 1.50. The number of non-ortho nitro benzene ring substituents is 1. The van der Waals surface area contributed by atoms with Crippen molar-refractivity contribution in [3.8, 4) is 0 Å². The first-order valence-electron chi connectivity index (χ1n) is 12.6. The highest BCUT2D eigenvalue weighted by molar-refractivity contribution is 7.99. The number of nitro benzene ring substituents is 1. The second-order valence-corrected chi connectivity index (χ2v) is 10.3. The fraction of sp³-hybridized carbons (Fsp3) is 0.296. The first kappa shape index (κ1) is 31.8. The Bertz CT molecular complexity index is 1580. The third-order valence-electron chi connectivity index (χ3n) is 6.50. The van der Waals surface area contributed by atoms with E-state index in [1.54, 1.807) is 37.4 Å². The number of carbonyl (C=O) groups is 3. The van der Waals surface area contributed by atoms with E-state index in [1.807, 2.05) is 11.0 Å². The SMILES string of the molecule is Cn1c(N2CCN(CCSc3ccc([N+](=O)[O-])cc3C(=O)c3ccccc3)CC2)cc(=O)n(C)c1=O.O=C(O)C(=O)O. The molecule has 2 N–H and O–H groups in total. The maximum atomic E-state index is 13.1. The van der Waals surface area contributed by atoms with E-state index >= 15 is 0 Å². The van der Waals surface area contributed by atoms with E-state index in [0.29, 0.717) is 40.7 Å². The molecule has 0 atom stereocenters. The molecule has 0 radical (unpaired) electrons. The van der Waals surface area contributed by atoms with Crippen LogP contribution in [0.5, 0.6) is 0 Å². The van der Waals surface area contributed by atoms with Crippen LogP contribution in [0.25, 0.3) is 0 Å². The van der Waals surface area contributed by atoms with E-state index in [9.17, 15) is 24.5 Å². The van der Waals surface area contributed by atoms with Crippen LogP contribution in [0.15, 0.2) is 69.1 Å². The summed E-state index contributed by atoms with van der Waals surface area (Å²) in [5, 5.41) is 26.1. The summed E-state index contributed by atoms with van der Waals surface area (Å²) in [6, 6.07) is 14.7. The van der Waals surface area contributed by atoms with Gasteiger partial charge in [-0.1, -0.05) is 30.3 Å². The van der Waals surface area contributed by atoms with Crippen molar-refractivity contribution in [1.82, 2.24) is 14.0 Å². The van der Waals surface area contributed by atoms with Gasteiger partial charge in [-0.2, -0.15) is 0 Å². The van der Waals surface area contributed by atoms with Gasteiger partial charge < -0.3 is 15.1 Å². The number of thioether (sulfide) groups is 1. The van der Waals surface area contributed by atoms with Gasteiger partial charge in [0.1, 0.15) is 5.82 Å². The summed E-state index contributed by atoms with van der Waals surface area (Å²) in [6.07, 6.45) is 0. The molecular weight excluding hydrogens is 570 g/mol. The molecule has 0 saturated carbocycles. The summed E-state index contributed by atoms with van der Waals surface area (Å²) in [6.45, 7) is 3.66. The van der Waals surface area contributed by atoms with E-state index < -0.39 is 16.9 Å². The highest BCUT2D eigenvalue weighted by atomic mass is 32.2. The quantitative estimate of drug-likeness (QED) is 0.124. The third-order valence-corrected chi connectivity index (χ3v) is 7.55. The fourth-order valence-corrected chi connectivity index (χ4v) is 5.23. The second kappa shape index (κ2) is 14.2. The molecule has 15 heteroatoms. The zero-order valence-corrected chi connectivity index (χ0v) is 23.7. The maximum absolute atomic E-state index is 13.1. The van der Waals surface area contributed by atoms with Crippen molar-refractivity contribution in [1.29, 1.82) is 0 Å². The normalized spacial score (nSPS) is 13.1. The molecular formula is C27H29N5O9S. The predicted octanol–water partition coefficient (Wildman–Crippen LogP) is 1.29. The van der Waals surface area contributed by atoms with E-state index in [0.717, 1.165) is 24.2 Å². The van der Waals surface area contributed by atoms with Gasteiger partial charge in [-0.15, -0.1) is 11.8 Å². The molecule has 0 aliphatic carbocycles. The third kappa shape index (κ3) is 7.92. The molecule has 1 fully saturated rings. The minimum absolute atomic E-state index is 0.111. The second-order valence-electron chi connectivity index (χ2n) is 9.16. The summed E-state index contributed by atoms with van der Waals surface area (Å²) < 4.78 is 2.58. The predicted molar refractivity (Wildman–Crippen MR) is 155 cm³/mol. The number of rotatable bonds is 8. The molecule has 1 aliphatic rings. The molecule has 0 bridgehead atoms. The number of nitrogens with zero attached hydrogens (tertiary/aromatic N) is 5. The number of hydrogen-bond acceptors (Lipinski definition) is 10. The number of nitro groups is 1. The Morgan fingerprint density at radius 3 is 2.10 bits per heavy atom. The minimum atomic E-state index is -1.82. The molecule has 222 valence electrons. The van der Waals surface area contributed by atoms with Gasteiger partial charge in [0.05, 0.1) is 4.92 Å². The summed E-state index contributed by atoms with van der Waals surface area (Å²) in [4.78, 5) is 71.4. The number of hydrogen-bond donors (Lipinski definition) is 2. The average Bonchev–Trinajstić information content (AvgIpc) is 2.98. The van der Waals surface area contributed by atoms with E-state index in [-0.39, 0.29) is 22.7 Å². The first-order valence-corrected chi connectivity index (χ1v) is 13.6. The van der Waals surface area contributed by atoms with Crippen LogP contribution in [-0.4, -0.2) is 85.4 Å². The van der Waals surface area contributed by atoms with Crippen LogP contribution in [0, 0.1) is 10.1 Å². The molecule has 14 nitrogen and oxygen atoms in total. The van der Waals surface area contributed by atoms with E-state index in [1.165, 1.54) is 41.6 Å². The Hall–Kier alpha value is -4.76. The Morgan fingerprint density at radius 2 is 1.52 bits per heavy atom. The van der Waals surface area contributed by atoms with Gasteiger partial charge in [0.2, 0.25) is 0 Å². The molecule has 3 aromatic rings. The lowest BCUT2D eigenvalue weighted by molar-refractivity contribution is -0.384. The van der Waals surface area contributed by atoms with Gasteiger partial charge in [0, 0.05) is 86.8 Å². The highest BCUT2D eigenvalue weighted by Crippen LogP contribution is 2.29. The number of carboxylic acids is 2. The van der Waals surface area contributed by atoms with Crippen LogP contribution in [0.1, 0.15) is 15.9 Å². The lowest BCUT2D eigenvalue weighted by Crippen LogP contribution is -2.49. The Morgan fingerprint density at radius 1 is 0.905 bits per heavy atom. The maximum Gasteiger partial charge on any atom is 0.414 e. The number of carbonyl (C=O) groups excluding carboxylic acids is 1. The monoisotopic (exact) mass is 599 g/mol. The van der Waals surface area contributed by atoms with Crippen molar-refractivity contribution < 1.29 is 29.5 Å². The van der Waals surface area contributed by atoms with Crippen molar-refractivity contribution in [2.45, 2.75) is 4.90 Å². The number of piperazine rings is 1. The van der Waals surface area contributed by atoms with Crippen LogP contribution in [0.2, 0.25) is 0 Å². The van der Waals surface area contributed by atoms with Gasteiger partial charge in [-0.05, 0) is 6.07 Å². The molecule has 0 spiro atoms. The van der Waals surface area contributed by atoms with Gasteiger partial charge in [0.15, 0.2) is 5.78 Å². The fourth-order valence-electron chi connectivity index (χ4n) is 4.19. The van der Waals surface area contributed by atoms with Gasteiger partial charge in [0.25, 0.3) is 11.2 Å². The molecule has 1 aliphatic heterocycles. The first-order chi connectivity index (χ1) is 19.9. The largest absolute Gasteiger partial charge is 0.473 e. The lowest BCUT2D eigenvalue weighted by atomic mass is 10.0. The molecule has 0 unspecified atom stereocenters. The Labute approximate surface area is 243 Å². The molecule has 42 heavy (non-hydrogen) atoms. The van der Waals surface area contributed by atoms with Crippen molar-refractivity contribution in [2.75, 3.05) is 43.4 Å². The van der Waals surface area contributed by atoms with Gasteiger partial charge in [-0.25, -0.2) is 14.4 Å². The lowest BCUT2D eigenvalue weighted by Gasteiger charge is -2.36. The van der Waals surface area contributed by atoms with Crippen molar-refractivity contribution in [3.05, 3.63) is 96.7 Å². The average molecular weight is 600 g/mol. The minimum Gasteiger partial charge on any atom is -0.473 e. The topological polar surface area (TPSA) is 185 Å². The molecule has 1 aromatic heterocycles. The molecule has 1 saturated heterocycles. The zero-order chi connectivity index (χ0) is 31.0. The van der Waals surface area contributed by atoms with Crippen molar-refractivity contribution >= 4 is 41.0 Å². The van der Waals surface area contributed by atoms with Crippen molar-refractivity contribution in [2.24, 2.45) is 14.1 Å². The van der Waals surface area contributed by atoms with Gasteiger partial charge >= 0.3 is 17.6 Å². The molecule has 2 heterocycles. The van der Waals surface area contributed by atoms with Gasteiger partial charge in [-0.3, -0.25) is 33.7 Å². The zero-order valence-electron chi connectivity index (χ0n) is 22.8. The van der Waals surface area contributed by atoms with Crippen LogP contribution in [-0.2, 0) is 23.7 Å². The summed E-state index contributed by atoms with van der Waals surface area (Å²) in [5.41, 5.74) is 0.0361. The van der Waals surface area contributed by atoms with E-state index in [2.05, 4.69) is 4.90 Å². The summed E-state index contributed by atoms with van der Waals surface area (Å²) in [7, 11) is 3.13. The number of anilines is 1. The highest BCUT2D eigenvalue weighted by Gasteiger charge is 2.22. The summed E-state index contributed by atoms with van der Waals surface area (Å²) in [5.74, 6) is -2.57. The number of ketones is 1. The number of aromatic nitrogens is 2. The van der Waals surface area contributed by atoms with E-state index in [4.69, 9.17) is 19.8 Å². The Balaban J connectivity index is 0.000000730. The van der Waals surface area contributed by atoms with Crippen molar-refractivity contribution in [3.63, 3.8) is 0 Å².